The van der Waals surface area contributed by atoms with Gasteiger partial charge in [0.25, 0.3) is 0 Å². The quantitative estimate of drug-likeness (QED) is 0.580. The first kappa shape index (κ1) is 19.2. The molecule has 0 aromatic carbocycles. The molecule has 0 amide bonds. The van der Waals surface area contributed by atoms with Gasteiger partial charge in [-0.3, -0.25) is 14.8 Å². The number of rotatable bonds is 6. The second kappa shape index (κ2) is 9.39. The largest absolute Gasteiger partial charge is 0.354 e. The van der Waals surface area contributed by atoms with Gasteiger partial charge in [0.05, 0.1) is 6.04 Å². The summed E-state index contributed by atoms with van der Waals surface area (Å²) in [5, 5.41) is 9.52. The Morgan fingerprint density at radius 1 is 1.19 bits per heavy atom. The van der Waals surface area contributed by atoms with Crippen LogP contribution in [-0.4, -0.2) is 67.6 Å². The van der Waals surface area contributed by atoms with E-state index in [9.17, 15) is 0 Å². The number of hydrogen-bond acceptors (Lipinski definition) is 4. The highest BCUT2D eigenvalue weighted by atomic mass is 32.1. The molecule has 6 heteroatoms. The normalized spacial score (nSPS) is 26.7. The van der Waals surface area contributed by atoms with E-state index < -0.39 is 0 Å². The summed E-state index contributed by atoms with van der Waals surface area (Å²) in [6.45, 7) is 5.78. The smallest absolute Gasteiger partial charge is 0.191 e. The van der Waals surface area contributed by atoms with Gasteiger partial charge in [-0.15, -0.1) is 11.3 Å². The number of likely N-dealkylation sites (tertiary alicyclic amines) is 2. The lowest BCUT2D eigenvalue weighted by Gasteiger charge is -2.28. The molecule has 2 N–H and O–H groups in total. The Bertz CT molecular complexity index is 590. The van der Waals surface area contributed by atoms with Crippen molar-refractivity contribution in [3.8, 4) is 0 Å². The van der Waals surface area contributed by atoms with Crippen LogP contribution in [-0.2, 0) is 0 Å². The Morgan fingerprint density at radius 3 is 2.70 bits per heavy atom. The Labute approximate surface area is 168 Å². The van der Waals surface area contributed by atoms with E-state index >= 15 is 0 Å². The van der Waals surface area contributed by atoms with E-state index in [0.717, 1.165) is 18.5 Å². The van der Waals surface area contributed by atoms with Gasteiger partial charge in [0.2, 0.25) is 0 Å². The lowest BCUT2D eigenvalue weighted by molar-refractivity contribution is 0.241. The van der Waals surface area contributed by atoms with E-state index in [-0.39, 0.29) is 0 Å². The van der Waals surface area contributed by atoms with Crippen molar-refractivity contribution in [3.05, 3.63) is 22.4 Å². The molecule has 3 fully saturated rings. The minimum absolute atomic E-state index is 0.463. The summed E-state index contributed by atoms with van der Waals surface area (Å²) >= 11 is 1.88. The van der Waals surface area contributed by atoms with Gasteiger partial charge in [0.1, 0.15) is 0 Å². The van der Waals surface area contributed by atoms with E-state index in [1.807, 2.05) is 18.4 Å². The monoisotopic (exact) mass is 389 g/mol. The zero-order valence-corrected chi connectivity index (χ0v) is 17.5. The lowest BCUT2D eigenvalue weighted by Crippen LogP contribution is -2.47. The number of thiophene rings is 1. The van der Waals surface area contributed by atoms with Gasteiger partial charge < -0.3 is 10.6 Å². The van der Waals surface area contributed by atoms with E-state index in [1.54, 1.807) is 0 Å². The van der Waals surface area contributed by atoms with Crippen LogP contribution in [0.3, 0.4) is 0 Å². The molecular formula is C21H35N5S. The number of nitrogens with one attached hydrogen (secondary N) is 2. The van der Waals surface area contributed by atoms with E-state index in [4.69, 9.17) is 0 Å². The predicted octanol–water partition coefficient (Wildman–Crippen LogP) is 3.07. The fourth-order valence-electron chi connectivity index (χ4n) is 5.03. The van der Waals surface area contributed by atoms with Gasteiger partial charge in [-0.2, -0.15) is 0 Å². The molecule has 27 heavy (non-hydrogen) atoms. The molecule has 2 unspecified atom stereocenters. The van der Waals surface area contributed by atoms with Crippen molar-refractivity contribution in [1.29, 1.82) is 0 Å². The molecule has 0 bridgehead atoms. The highest BCUT2D eigenvalue weighted by molar-refractivity contribution is 7.10. The fourth-order valence-corrected chi connectivity index (χ4v) is 5.89. The van der Waals surface area contributed by atoms with Crippen LogP contribution in [0.15, 0.2) is 22.5 Å². The standard InChI is InChI=1S/C21H35N5S/c1-22-21(24-17-10-13-26(16-17)18-7-2-3-8-18)23-15-19(20-9-6-14-27-20)25-11-4-5-12-25/h6,9,14,17-19H,2-5,7-8,10-13,15-16H2,1H3,(H2,22,23,24). The first-order valence-corrected chi connectivity index (χ1v) is 11.7. The van der Waals surface area contributed by atoms with Crippen molar-refractivity contribution >= 4 is 17.3 Å². The van der Waals surface area contributed by atoms with Gasteiger partial charge >= 0.3 is 0 Å². The van der Waals surface area contributed by atoms with Gasteiger partial charge in [-0.1, -0.05) is 18.9 Å². The summed E-state index contributed by atoms with van der Waals surface area (Å²) < 4.78 is 0. The first-order valence-electron chi connectivity index (χ1n) is 10.8. The zero-order chi connectivity index (χ0) is 18.5. The third-order valence-corrected chi connectivity index (χ3v) is 7.51. The summed E-state index contributed by atoms with van der Waals surface area (Å²) in [7, 11) is 1.90. The molecule has 2 atom stereocenters. The number of hydrogen-bond donors (Lipinski definition) is 2. The molecule has 1 aromatic rings. The van der Waals surface area contributed by atoms with E-state index in [0.29, 0.717) is 12.1 Å². The van der Waals surface area contributed by atoms with Crippen molar-refractivity contribution in [2.75, 3.05) is 39.8 Å². The second-order valence-electron chi connectivity index (χ2n) is 8.29. The van der Waals surface area contributed by atoms with Crippen LogP contribution in [0, 0.1) is 0 Å². The van der Waals surface area contributed by atoms with Gasteiger partial charge in [-0.25, -0.2) is 0 Å². The highest BCUT2D eigenvalue weighted by Gasteiger charge is 2.30. The number of guanidine groups is 1. The summed E-state index contributed by atoms with van der Waals surface area (Å²) in [5.41, 5.74) is 0. The predicted molar refractivity (Wildman–Crippen MR) is 115 cm³/mol. The van der Waals surface area contributed by atoms with Crippen LogP contribution in [0.4, 0.5) is 0 Å². The summed E-state index contributed by atoms with van der Waals surface area (Å²) in [5.74, 6) is 0.967. The molecule has 1 aromatic heterocycles. The van der Waals surface area contributed by atoms with E-state index in [2.05, 4.69) is 42.9 Å². The van der Waals surface area contributed by atoms with E-state index in [1.165, 1.54) is 76.0 Å². The molecule has 150 valence electrons. The first-order chi connectivity index (χ1) is 13.3. The molecule has 2 saturated heterocycles. The van der Waals surface area contributed by atoms with Crippen LogP contribution in [0.2, 0.25) is 0 Å². The summed E-state index contributed by atoms with van der Waals surface area (Å²) in [6.07, 6.45) is 9.53. The molecule has 3 aliphatic rings. The Balaban J connectivity index is 1.29. The van der Waals surface area contributed by atoms with Crippen LogP contribution < -0.4 is 10.6 Å². The van der Waals surface area contributed by atoms with Crippen molar-refractivity contribution in [1.82, 2.24) is 20.4 Å². The Morgan fingerprint density at radius 2 is 2.00 bits per heavy atom. The Hall–Kier alpha value is -1.11. The molecule has 5 nitrogen and oxygen atoms in total. The molecule has 1 aliphatic carbocycles. The van der Waals surface area contributed by atoms with Crippen molar-refractivity contribution < 1.29 is 0 Å². The Kier molecular flexibility index (Phi) is 6.69. The SMILES string of the molecule is CN=C(NCC(c1cccs1)N1CCCC1)NC1CCN(C2CCCC2)C1. The molecule has 4 rings (SSSR count). The average molecular weight is 390 g/mol. The minimum Gasteiger partial charge on any atom is -0.354 e. The second-order valence-corrected chi connectivity index (χ2v) is 9.27. The van der Waals surface area contributed by atoms with Crippen molar-refractivity contribution in [3.63, 3.8) is 0 Å². The third kappa shape index (κ3) is 4.84. The fraction of sp³-hybridized carbons (Fsp3) is 0.762. The molecular weight excluding hydrogens is 354 g/mol. The van der Waals surface area contributed by atoms with Gasteiger partial charge in [0.15, 0.2) is 5.96 Å². The molecule has 0 spiro atoms. The molecule has 3 heterocycles. The topological polar surface area (TPSA) is 42.9 Å². The van der Waals surface area contributed by atoms with Gasteiger partial charge in [0, 0.05) is 43.6 Å². The maximum Gasteiger partial charge on any atom is 0.191 e. The van der Waals surface area contributed by atoms with Crippen LogP contribution in [0.25, 0.3) is 0 Å². The number of aliphatic imine (C=N–C) groups is 1. The summed E-state index contributed by atoms with van der Waals surface area (Å²) in [4.78, 5) is 11.3. The highest BCUT2D eigenvalue weighted by Crippen LogP contribution is 2.28. The minimum atomic E-state index is 0.463. The number of nitrogens with zero attached hydrogens (tertiary/aromatic N) is 3. The van der Waals surface area contributed by atoms with Gasteiger partial charge in [-0.05, 0) is 56.6 Å². The maximum atomic E-state index is 4.51. The zero-order valence-electron chi connectivity index (χ0n) is 16.7. The molecule has 2 aliphatic heterocycles. The molecule has 0 radical (unpaired) electrons. The third-order valence-electron chi connectivity index (χ3n) is 6.54. The van der Waals surface area contributed by atoms with Crippen LogP contribution >= 0.6 is 11.3 Å². The van der Waals surface area contributed by atoms with Crippen LogP contribution in [0.5, 0.6) is 0 Å². The average Bonchev–Trinajstić information content (AvgIpc) is 3.49. The van der Waals surface area contributed by atoms with Crippen LogP contribution in [0.1, 0.15) is 55.9 Å². The molecule has 1 saturated carbocycles. The maximum absolute atomic E-state index is 4.51. The lowest BCUT2D eigenvalue weighted by atomic mass is 10.2. The van der Waals surface area contributed by atoms with Crippen molar-refractivity contribution in [2.45, 2.75) is 63.1 Å². The van der Waals surface area contributed by atoms with Crippen molar-refractivity contribution in [2.24, 2.45) is 4.99 Å². The summed E-state index contributed by atoms with van der Waals surface area (Å²) in [6, 6.07) is 6.28.